The lowest BCUT2D eigenvalue weighted by molar-refractivity contribution is 0.411. The number of para-hydroxylation sites is 2. The molecule has 0 saturated heterocycles. The Hall–Kier alpha value is -8.47. The minimum Gasteiger partial charge on any atom is -0.494 e. The number of benzene rings is 4. The van der Waals surface area contributed by atoms with Gasteiger partial charge in [-0.3, -0.25) is 0 Å². The van der Waals surface area contributed by atoms with Gasteiger partial charge in [-0.1, -0.05) is 170 Å². The van der Waals surface area contributed by atoms with Crippen LogP contribution < -0.4 is 4.74 Å². The van der Waals surface area contributed by atoms with Crippen molar-refractivity contribution in [2.75, 3.05) is 7.11 Å². The van der Waals surface area contributed by atoms with E-state index >= 15 is 0 Å². The van der Waals surface area contributed by atoms with E-state index in [1.165, 1.54) is 16.7 Å². The van der Waals surface area contributed by atoms with Crippen LogP contribution in [0.15, 0.2) is 153 Å². The number of nitrogens with zero attached hydrogens (tertiary/aromatic N) is 16. The highest BCUT2D eigenvalue weighted by atomic mass is 16.5. The predicted molar refractivity (Wildman–Crippen MR) is 318 cm³/mol. The molecule has 0 radical (unpaired) electrons. The fraction of sp³-hybridized carbons (Fsp3) is 0.381. The van der Waals surface area contributed by atoms with E-state index in [-0.39, 0.29) is 21.7 Å². The van der Waals surface area contributed by atoms with Crippen LogP contribution in [0.4, 0.5) is 0 Å². The van der Waals surface area contributed by atoms with Gasteiger partial charge in [0.2, 0.25) is 0 Å². The molecule has 0 fully saturated rings. The predicted octanol–water partition coefficient (Wildman–Crippen LogP) is 13.0. The van der Waals surface area contributed by atoms with Gasteiger partial charge in [0.25, 0.3) is 0 Å². The molecular formula is C63H82N16O. The first-order valence-electron chi connectivity index (χ1n) is 27.0. The number of aromatic nitrogens is 16. The lowest BCUT2D eigenvalue weighted by atomic mass is 9.96. The zero-order valence-corrected chi connectivity index (χ0v) is 50.3. The van der Waals surface area contributed by atoms with Crippen LogP contribution in [0.2, 0.25) is 0 Å². The molecule has 0 aliphatic heterocycles. The van der Waals surface area contributed by atoms with Gasteiger partial charge < -0.3 is 4.74 Å². The van der Waals surface area contributed by atoms with Gasteiger partial charge in [0.1, 0.15) is 42.6 Å². The number of aryl methyl sites for hydroxylation is 3. The van der Waals surface area contributed by atoms with Crippen molar-refractivity contribution < 1.29 is 4.74 Å². The van der Waals surface area contributed by atoms with E-state index in [1.54, 1.807) is 48.0 Å². The monoisotopic (exact) mass is 1080 g/mol. The molecule has 80 heavy (non-hydrogen) atoms. The van der Waals surface area contributed by atoms with Gasteiger partial charge in [0.05, 0.1) is 25.0 Å². The van der Waals surface area contributed by atoms with Gasteiger partial charge in [-0.15, -0.1) is 5.10 Å². The van der Waals surface area contributed by atoms with Crippen LogP contribution >= 0.6 is 0 Å². The molecule has 0 aliphatic carbocycles. The number of hydrogen-bond donors (Lipinski definition) is 0. The van der Waals surface area contributed by atoms with Crippen LogP contribution in [0.1, 0.15) is 154 Å². The van der Waals surface area contributed by atoms with Crippen molar-refractivity contribution in [2.24, 2.45) is 0 Å². The Morgan fingerprint density at radius 2 is 0.988 bits per heavy atom. The molecule has 0 saturated carbocycles. The van der Waals surface area contributed by atoms with Crippen molar-refractivity contribution in [1.29, 1.82) is 0 Å². The van der Waals surface area contributed by atoms with Crippen LogP contribution in [0, 0.1) is 20.8 Å². The van der Waals surface area contributed by atoms with E-state index in [0.717, 1.165) is 70.1 Å². The van der Waals surface area contributed by atoms with Gasteiger partial charge in [-0.05, 0) is 86.0 Å². The number of rotatable bonds is 8. The fourth-order valence-electron chi connectivity index (χ4n) is 7.38. The summed E-state index contributed by atoms with van der Waals surface area (Å²) < 4.78 is 14.4. The van der Waals surface area contributed by atoms with Crippen molar-refractivity contribution in [3.8, 4) is 28.6 Å². The highest BCUT2D eigenvalue weighted by Gasteiger charge is 2.23. The van der Waals surface area contributed by atoms with E-state index in [2.05, 4.69) is 209 Å². The Balaban J connectivity index is 0.000000161. The Morgan fingerprint density at radius 3 is 1.51 bits per heavy atom. The third kappa shape index (κ3) is 17.5. The first kappa shape index (κ1) is 60.8. The second-order valence-corrected chi connectivity index (χ2v) is 23.9. The SMILES string of the molecule is CC(C)(C)c1ncn(-c2ccccn2)n1.CC(C)(C)c1ncn(Cc2ccccc2)n1.COc1ccccc1-n1cnc(C(C)(C)C)n1.Cc1cccc(-n2cnc(C(C)C)n2)c1.Cc1cccc(-n2nc(C(C)(C)C)nc2C)c1. The lowest BCUT2D eigenvalue weighted by Crippen LogP contribution is -2.14. The molecule has 0 amide bonds. The summed E-state index contributed by atoms with van der Waals surface area (Å²) in [6.45, 7) is 36.4. The molecule has 0 unspecified atom stereocenters. The molecule has 4 aromatic carbocycles. The molecule has 17 nitrogen and oxygen atoms in total. The van der Waals surface area contributed by atoms with Crippen LogP contribution in [0.3, 0.4) is 0 Å². The summed E-state index contributed by atoms with van der Waals surface area (Å²) in [5.41, 5.74) is 6.67. The molecule has 17 heteroatoms. The maximum atomic E-state index is 5.31. The first-order chi connectivity index (χ1) is 37.7. The molecule has 0 aliphatic rings. The van der Waals surface area contributed by atoms with Crippen molar-refractivity contribution in [3.63, 3.8) is 0 Å². The second-order valence-electron chi connectivity index (χ2n) is 23.9. The van der Waals surface area contributed by atoms with Gasteiger partial charge >= 0.3 is 0 Å². The summed E-state index contributed by atoms with van der Waals surface area (Å²) in [7, 11) is 1.65. The third-order valence-electron chi connectivity index (χ3n) is 11.9. The summed E-state index contributed by atoms with van der Waals surface area (Å²) >= 11 is 0. The van der Waals surface area contributed by atoms with Crippen LogP contribution in [0.5, 0.6) is 5.75 Å². The average molecular weight is 1080 g/mol. The van der Waals surface area contributed by atoms with Gasteiger partial charge in [0, 0.05) is 33.8 Å². The standard InChI is InChI=1S/C14H19N3.C13H17N3O.C13H17N3.C12H15N3.C11H14N4/c1-10-7-6-8-12(9-10)17-11(2)15-13(16-17)14(3,4)5;1-13(2,3)12-14-9-16(15-12)10-7-5-6-8-11(10)17-4;1-13(2,3)12-14-10-16(15-12)9-11-7-5-4-6-8-11;1-9(2)12-13-8-15(14-12)11-6-4-5-10(3)7-11;1-11(2,3)10-13-8-15(14-10)9-6-4-5-7-12-9/h6-9H,1-5H3;5-9H,1-4H3;4-8,10H,9H2,1-3H3;4-9H,1-3H3;4-8H,1-3H3. The van der Waals surface area contributed by atoms with E-state index in [9.17, 15) is 0 Å². The topological polar surface area (TPSA) is 176 Å². The second kappa shape index (κ2) is 26.5. The molecule has 0 spiro atoms. The fourth-order valence-corrected chi connectivity index (χ4v) is 7.38. The zero-order chi connectivity index (χ0) is 58.4. The minimum absolute atomic E-state index is 0.0141. The molecule has 420 valence electrons. The lowest BCUT2D eigenvalue weighted by Gasteiger charge is -2.12. The number of pyridine rings is 1. The summed E-state index contributed by atoms with van der Waals surface area (Å²) in [5, 5.41) is 22.4. The van der Waals surface area contributed by atoms with Crippen molar-refractivity contribution in [2.45, 2.75) is 152 Å². The largest absolute Gasteiger partial charge is 0.494 e. The summed E-state index contributed by atoms with van der Waals surface area (Å²) in [6.07, 6.45) is 8.73. The Kier molecular flexibility index (Phi) is 20.1. The maximum Gasteiger partial charge on any atom is 0.156 e. The molecule has 10 aromatic rings. The Bertz CT molecular complexity index is 3460. The van der Waals surface area contributed by atoms with Crippen LogP contribution in [-0.4, -0.2) is 85.9 Å². The molecule has 0 atom stereocenters. The normalized spacial score (nSPS) is 11.5. The zero-order valence-electron chi connectivity index (χ0n) is 50.3. The van der Waals surface area contributed by atoms with E-state index < -0.39 is 0 Å². The van der Waals surface area contributed by atoms with Crippen molar-refractivity contribution in [3.05, 3.63) is 204 Å². The molecule has 6 aromatic heterocycles. The Morgan fingerprint density at radius 1 is 0.463 bits per heavy atom. The average Bonchev–Trinajstić information content (AvgIpc) is 4.28. The van der Waals surface area contributed by atoms with E-state index in [0.29, 0.717) is 5.92 Å². The maximum absolute atomic E-state index is 5.31. The van der Waals surface area contributed by atoms with E-state index in [4.69, 9.17) is 4.74 Å². The summed E-state index contributed by atoms with van der Waals surface area (Å²) in [4.78, 5) is 26.0. The number of hydrogen-bond acceptors (Lipinski definition) is 12. The van der Waals surface area contributed by atoms with Crippen LogP contribution in [0.25, 0.3) is 22.9 Å². The first-order valence-corrected chi connectivity index (χ1v) is 27.0. The smallest absolute Gasteiger partial charge is 0.156 e. The highest BCUT2D eigenvalue weighted by molar-refractivity contribution is 5.45. The summed E-state index contributed by atoms with van der Waals surface area (Å²) in [6, 6.07) is 40.3. The van der Waals surface area contributed by atoms with Crippen molar-refractivity contribution in [1.82, 2.24) is 78.8 Å². The number of ether oxygens (including phenoxy) is 1. The van der Waals surface area contributed by atoms with Crippen molar-refractivity contribution >= 4 is 0 Å². The molecule has 6 heterocycles. The minimum atomic E-state index is -0.0483. The molecule has 0 bridgehead atoms. The van der Waals surface area contributed by atoms with Gasteiger partial charge in [-0.2, -0.15) is 20.4 Å². The molecular weight excluding hydrogens is 997 g/mol. The van der Waals surface area contributed by atoms with Crippen LogP contribution in [-0.2, 0) is 28.2 Å². The number of methoxy groups -OCH3 is 1. The quantitative estimate of drug-likeness (QED) is 0.141. The summed E-state index contributed by atoms with van der Waals surface area (Å²) in [5.74, 6) is 7.20. The molecule has 0 N–H and O–H groups in total. The third-order valence-corrected chi connectivity index (χ3v) is 11.9. The highest BCUT2D eigenvalue weighted by Crippen LogP contribution is 2.25. The molecule has 10 rings (SSSR count). The van der Waals surface area contributed by atoms with Gasteiger partial charge in [0.15, 0.2) is 34.9 Å². The van der Waals surface area contributed by atoms with Gasteiger partial charge in [-0.25, -0.2) is 53.3 Å². The van der Waals surface area contributed by atoms with E-state index in [1.807, 2.05) is 99.8 Å². The Labute approximate surface area is 473 Å².